The molecule has 0 atom stereocenters. The summed E-state index contributed by atoms with van der Waals surface area (Å²) in [4.78, 5) is 0. The molecule has 0 saturated carbocycles. The van der Waals surface area contributed by atoms with Gasteiger partial charge in [0.15, 0.2) is 0 Å². The molecule has 0 saturated heterocycles. The van der Waals surface area contributed by atoms with E-state index in [-0.39, 0.29) is 11.5 Å². The minimum absolute atomic E-state index is 0.143. The number of benzene rings is 1. The highest BCUT2D eigenvalue weighted by molar-refractivity contribution is 5.80. The molecule has 0 radical (unpaired) electrons. The van der Waals surface area contributed by atoms with Crippen molar-refractivity contribution in [1.82, 2.24) is 5.16 Å². The van der Waals surface area contributed by atoms with Crippen molar-refractivity contribution in [3.63, 3.8) is 0 Å². The maximum atomic E-state index is 11.2. The summed E-state index contributed by atoms with van der Waals surface area (Å²) in [5.74, 6) is 0.983. The van der Waals surface area contributed by atoms with E-state index in [0.29, 0.717) is 17.7 Å². The van der Waals surface area contributed by atoms with Crippen molar-refractivity contribution in [2.45, 2.75) is 86.5 Å². The van der Waals surface area contributed by atoms with Crippen LogP contribution in [0.15, 0.2) is 33.9 Å². The van der Waals surface area contributed by atoms with Gasteiger partial charge in [-0.25, -0.2) is 0 Å². The number of phenols is 2. The third-order valence-corrected chi connectivity index (χ3v) is 5.54. The maximum absolute atomic E-state index is 11.2. The number of nitrogens with zero attached hydrogens (tertiary/aromatic N) is 1. The molecule has 2 N–H and O–H groups in total. The minimum Gasteiger partial charge on any atom is -0.508 e. The Labute approximate surface area is 181 Å². The highest BCUT2D eigenvalue weighted by atomic mass is 16.5. The van der Waals surface area contributed by atoms with E-state index < -0.39 is 0 Å². The lowest BCUT2D eigenvalue weighted by Crippen LogP contribution is -1.98. The van der Waals surface area contributed by atoms with E-state index in [1.165, 1.54) is 11.1 Å². The molecule has 0 amide bonds. The van der Waals surface area contributed by atoms with Gasteiger partial charge in [0, 0.05) is 11.1 Å². The molecule has 1 aromatic carbocycles. The lowest BCUT2D eigenvalue weighted by atomic mass is 9.90. The van der Waals surface area contributed by atoms with E-state index in [9.17, 15) is 10.2 Å². The van der Waals surface area contributed by atoms with Crippen LogP contribution in [0.3, 0.4) is 0 Å². The van der Waals surface area contributed by atoms with E-state index in [4.69, 9.17) is 4.52 Å². The van der Waals surface area contributed by atoms with Crippen LogP contribution >= 0.6 is 0 Å². The van der Waals surface area contributed by atoms with Crippen LogP contribution < -0.4 is 0 Å². The van der Waals surface area contributed by atoms with Crippen molar-refractivity contribution in [2.75, 3.05) is 0 Å². The van der Waals surface area contributed by atoms with Gasteiger partial charge in [0.05, 0.1) is 11.3 Å². The zero-order valence-corrected chi connectivity index (χ0v) is 19.4. The Morgan fingerprint density at radius 2 is 1.80 bits per heavy atom. The molecule has 0 fully saturated rings. The number of rotatable bonds is 10. The molecule has 1 aromatic heterocycles. The standard InChI is InChI=1S/C26H37NO3/c1-7-8-9-13-21-16-23(28)22(15-14-18(4)12-10-11-17(2)3)26(29)25(21)24-19(5)27-30-20(24)6/h11,14,16,28-29H,7-10,12-13,15H2,1-6H3/b18-14+. The molecule has 0 aliphatic rings. The van der Waals surface area contributed by atoms with Crippen LogP contribution in [0, 0.1) is 13.8 Å². The first-order chi connectivity index (χ1) is 14.3. The Morgan fingerprint density at radius 1 is 1.07 bits per heavy atom. The molecule has 4 nitrogen and oxygen atoms in total. The third kappa shape index (κ3) is 6.01. The Balaban J connectivity index is 2.42. The SMILES string of the molecule is CCCCCc1cc(O)c(C/C=C(\C)CCC=C(C)C)c(O)c1-c1c(C)noc1C. The van der Waals surface area contributed by atoms with E-state index in [2.05, 4.69) is 45.0 Å². The second-order valence-electron chi connectivity index (χ2n) is 8.49. The van der Waals surface area contributed by atoms with Gasteiger partial charge in [-0.1, -0.05) is 48.2 Å². The predicted molar refractivity (Wildman–Crippen MR) is 124 cm³/mol. The van der Waals surface area contributed by atoms with Crippen LogP contribution in [-0.2, 0) is 12.8 Å². The molecule has 0 unspecified atom stereocenters. The van der Waals surface area contributed by atoms with Gasteiger partial charge in [0.25, 0.3) is 0 Å². The van der Waals surface area contributed by atoms with Crippen molar-refractivity contribution in [3.05, 3.63) is 51.9 Å². The zero-order chi connectivity index (χ0) is 22.3. The number of hydrogen-bond donors (Lipinski definition) is 2. The van der Waals surface area contributed by atoms with E-state index in [1.807, 2.05) is 19.9 Å². The highest BCUT2D eigenvalue weighted by Crippen LogP contribution is 2.43. The average molecular weight is 412 g/mol. The third-order valence-electron chi connectivity index (χ3n) is 5.54. The molecule has 0 bridgehead atoms. The molecular weight excluding hydrogens is 374 g/mol. The maximum Gasteiger partial charge on any atom is 0.141 e. The summed E-state index contributed by atoms with van der Waals surface area (Å²) in [6.45, 7) is 12.2. The fourth-order valence-electron chi connectivity index (χ4n) is 3.80. The highest BCUT2D eigenvalue weighted by Gasteiger charge is 2.23. The molecule has 0 aliphatic carbocycles. The largest absolute Gasteiger partial charge is 0.508 e. The van der Waals surface area contributed by atoms with Crippen LogP contribution in [0.5, 0.6) is 11.5 Å². The van der Waals surface area contributed by atoms with Gasteiger partial charge in [-0.05, 0) is 78.4 Å². The lowest BCUT2D eigenvalue weighted by Gasteiger charge is -2.16. The van der Waals surface area contributed by atoms with Gasteiger partial charge in [-0.2, -0.15) is 0 Å². The van der Waals surface area contributed by atoms with Gasteiger partial charge >= 0.3 is 0 Å². The number of allylic oxidation sites excluding steroid dienone is 4. The number of aryl methyl sites for hydroxylation is 3. The molecule has 164 valence electrons. The molecule has 2 aromatic rings. The summed E-state index contributed by atoms with van der Waals surface area (Å²) >= 11 is 0. The van der Waals surface area contributed by atoms with Crippen molar-refractivity contribution in [2.24, 2.45) is 0 Å². The van der Waals surface area contributed by atoms with Crippen molar-refractivity contribution in [3.8, 4) is 22.6 Å². The fourth-order valence-corrected chi connectivity index (χ4v) is 3.80. The molecule has 30 heavy (non-hydrogen) atoms. The summed E-state index contributed by atoms with van der Waals surface area (Å²) in [5.41, 5.74) is 6.42. The topological polar surface area (TPSA) is 66.5 Å². The van der Waals surface area contributed by atoms with Gasteiger partial charge in [-0.15, -0.1) is 0 Å². The Hall–Kier alpha value is -2.49. The quantitative estimate of drug-likeness (QED) is 0.317. The molecule has 0 spiro atoms. The van der Waals surface area contributed by atoms with Crippen LogP contribution in [0.25, 0.3) is 11.1 Å². The van der Waals surface area contributed by atoms with Crippen LogP contribution in [0.4, 0.5) is 0 Å². The summed E-state index contributed by atoms with van der Waals surface area (Å²) in [6, 6.07) is 1.82. The van der Waals surface area contributed by atoms with Crippen LogP contribution in [-0.4, -0.2) is 15.4 Å². The first-order valence-electron chi connectivity index (χ1n) is 11.0. The number of hydrogen-bond acceptors (Lipinski definition) is 4. The van der Waals surface area contributed by atoms with Crippen molar-refractivity contribution in [1.29, 1.82) is 0 Å². The summed E-state index contributed by atoms with van der Waals surface area (Å²) < 4.78 is 5.38. The summed E-state index contributed by atoms with van der Waals surface area (Å²) in [6.07, 6.45) is 10.8. The predicted octanol–water partition coefficient (Wildman–Crippen LogP) is 7.34. The van der Waals surface area contributed by atoms with Crippen molar-refractivity contribution < 1.29 is 14.7 Å². The molecule has 0 aliphatic heterocycles. The zero-order valence-electron chi connectivity index (χ0n) is 19.4. The van der Waals surface area contributed by atoms with Gasteiger partial charge in [-0.3, -0.25) is 0 Å². The smallest absolute Gasteiger partial charge is 0.141 e. The number of aromatic nitrogens is 1. The molecular formula is C26H37NO3. The van der Waals surface area contributed by atoms with Gasteiger partial charge in [0.1, 0.15) is 17.3 Å². The molecule has 4 heteroatoms. The van der Waals surface area contributed by atoms with E-state index in [0.717, 1.165) is 60.9 Å². The monoisotopic (exact) mass is 411 g/mol. The first-order valence-corrected chi connectivity index (χ1v) is 11.0. The first kappa shape index (κ1) is 23.8. The van der Waals surface area contributed by atoms with Crippen LogP contribution in [0.2, 0.25) is 0 Å². The Bertz CT molecular complexity index is 895. The normalized spacial score (nSPS) is 11.7. The summed E-state index contributed by atoms with van der Waals surface area (Å²) in [7, 11) is 0. The number of phenolic OH excluding ortho intramolecular Hbond substituents is 2. The lowest BCUT2D eigenvalue weighted by molar-refractivity contribution is 0.393. The Kier molecular flexibility index (Phi) is 8.76. The second-order valence-corrected chi connectivity index (χ2v) is 8.49. The van der Waals surface area contributed by atoms with Crippen molar-refractivity contribution >= 4 is 0 Å². The number of unbranched alkanes of at least 4 members (excludes halogenated alkanes) is 2. The fraction of sp³-hybridized carbons (Fsp3) is 0.500. The number of aromatic hydroxyl groups is 2. The molecule has 2 rings (SSSR count). The summed E-state index contributed by atoms with van der Waals surface area (Å²) in [5, 5.41) is 26.0. The van der Waals surface area contributed by atoms with E-state index in [1.54, 1.807) is 0 Å². The van der Waals surface area contributed by atoms with Gasteiger partial charge in [0.2, 0.25) is 0 Å². The second kappa shape index (κ2) is 11.1. The molecule has 1 heterocycles. The van der Waals surface area contributed by atoms with Gasteiger partial charge < -0.3 is 14.7 Å². The van der Waals surface area contributed by atoms with Crippen LogP contribution in [0.1, 0.15) is 82.4 Å². The average Bonchev–Trinajstić information content (AvgIpc) is 3.00. The van der Waals surface area contributed by atoms with E-state index >= 15 is 0 Å². The minimum atomic E-state index is 0.143. The Morgan fingerprint density at radius 3 is 2.40 bits per heavy atom.